The van der Waals surface area contributed by atoms with Gasteiger partial charge in [0.25, 0.3) is 0 Å². The molecule has 6 aliphatic rings. The van der Waals surface area contributed by atoms with Crippen LogP contribution >= 0.6 is 11.3 Å². The summed E-state index contributed by atoms with van der Waals surface area (Å²) in [6.45, 7) is 4.82. The van der Waals surface area contributed by atoms with Crippen molar-refractivity contribution in [2.45, 2.75) is 63.2 Å². The van der Waals surface area contributed by atoms with Gasteiger partial charge in [-0.05, 0) is 142 Å². The Morgan fingerprint density at radius 1 is 0.500 bits per heavy atom. The van der Waals surface area contributed by atoms with Crippen molar-refractivity contribution in [3.8, 4) is 33.4 Å². The predicted molar refractivity (Wildman–Crippen MR) is 245 cm³/mol. The summed E-state index contributed by atoms with van der Waals surface area (Å²) in [5, 5.41) is 2.69. The lowest BCUT2D eigenvalue weighted by molar-refractivity contribution is 0.0618. The lowest BCUT2D eigenvalue weighted by Crippen LogP contribution is -2.48. The molecule has 0 amide bonds. The van der Waals surface area contributed by atoms with Crippen LogP contribution in [0.25, 0.3) is 53.6 Å². The first-order chi connectivity index (χ1) is 28.5. The first-order valence-corrected chi connectivity index (χ1v) is 22.6. The van der Waals surface area contributed by atoms with Crippen molar-refractivity contribution < 1.29 is 0 Å². The number of benzene rings is 7. The molecule has 0 radical (unpaired) electrons. The highest BCUT2D eigenvalue weighted by Crippen LogP contribution is 2.69. The van der Waals surface area contributed by atoms with Crippen LogP contribution in [-0.2, 0) is 10.8 Å². The molecule has 0 aliphatic heterocycles. The molecule has 5 atom stereocenters. The minimum absolute atomic E-state index is 0.0890. The number of hydrogen-bond acceptors (Lipinski definition) is 2. The number of rotatable bonds is 4. The molecule has 0 N–H and O–H groups in total. The van der Waals surface area contributed by atoms with Gasteiger partial charge in [0.2, 0.25) is 0 Å². The van der Waals surface area contributed by atoms with Gasteiger partial charge < -0.3 is 4.90 Å². The molecule has 0 saturated heterocycles. The molecule has 58 heavy (non-hydrogen) atoms. The third-order valence-corrected chi connectivity index (χ3v) is 17.0. The molecule has 1 aromatic heterocycles. The topological polar surface area (TPSA) is 3.24 Å². The van der Waals surface area contributed by atoms with Crippen molar-refractivity contribution >= 4 is 48.6 Å². The Morgan fingerprint density at radius 2 is 1.17 bits per heavy atom. The summed E-state index contributed by atoms with van der Waals surface area (Å²) in [6, 6.07) is 58.5. The zero-order valence-corrected chi connectivity index (χ0v) is 34.2. The first kappa shape index (κ1) is 33.5. The van der Waals surface area contributed by atoms with E-state index in [1.54, 1.807) is 11.1 Å². The molecule has 4 unspecified atom stereocenters. The van der Waals surface area contributed by atoms with Gasteiger partial charge in [0.05, 0.1) is 5.69 Å². The average Bonchev–Trinajstić information content (AvgIpc) is 3.80. The Labute approximate surface area is 346 Å². The highest BCUT2D eigenvalue weighted by Gasteiger charge is 2.60. The lowest BCUT2D eigenvalue weighted by Gasteiger charge is -2.53. The van der Waals surface area contributed by atoms with E-state index in [4.69, 9.17) is 0 Å². The van der Waals surface area contributed by atoms with Crippen LogP contribution in [0.5, 0.6) is 0 Å². The number of anilines is 3. The standard InChI is InChI=1S/C56H47NS/c1-55(2)47-16-6-3-11-42(47)43-28-27-40(33-50(43)55)57(39-25-22-36(23-26-39)41-14-9-15-45-44-12-5-8-20-52(44)58-54(41)45)51-19-10-18-49-53(51)46-13-4-7-17-48(46)56(49)37-24-21-34-29-35(31-37)32-38(56)30-34/h3-20,22-23,25-28,33-35,37-38H,21,24,29-32H2,1-2H3/t34?,35?,37-,38?,56?/m1/s1. The Morgan fingerprint density at radius 3 is 2.07 bits per heavy atom. The molecule has 8 aromatic rings. The van der Waals surface area contributed by atoms with Gasteiger partial charge in [0.15, 0.2) is 0 Å². The second kappa shape index (κ2) is 12.1. The Hall–Kier alpha value is -5.44. The van der Waals surface area contributed by atoms with Crippen LogP contribution in [0.3, 0.4) is 0 Å². The van der Waals surface area contributed by atoms with E-state index in [9.17, 15) is 0 Å². The van der Waals surface area contributed by atoms with Crippen LogP contribution in [-0.4, -0.2) is 0 Å². The third kappa shape index (κ3) is 4.42. The zero-order chi connectivity index (χ0) is 38.3. The van der Waals surface area contributed by atoms with Crippen molar-refractivity contribution in [2.24, 2.45) is 23.7 Å². The molecule has 14 rings (SSSR count). The summed E-state index contributed by atoms with van der Waals surface area (Å²) >= 11 is 1.91. The summed E-state index contributed by atoms with van der Waals surface area (Å²) in [5.41, 5.74) is 18.0. The van der Waals surface area contributed by atoms with E-state index in [2.05, 4.69) is 170 Å². The smallest absolute Gasteiger partial charge is 0.0543 e. The van der Waals surface area contributed by atoms with Crippen molar-refractivity contribution in [2.75, 3.05) is 4.90 Å². The van der Waals surface area contributed by atoms with Gasteiger partial charge >= 0.3 is 0 Å². The van der Waals surface area contributed by atoms with Crippen LogP contribution in [0.15, 0.2) is 152 Å². The molecule has 4 fully saturated rings. The van der Waals surface area contributed by atoms with E-state index >= 15 is 0 Å². The molecule has 282 valence electrons. The highest BCUT2D eigenvalue weighted by atomic mass is 32.1. The van der Waals surface area contributed by atoms with Gasteiger partial charge in [0, 0.05) is 47.9 Å². The first-order valence-electron chi connectivity index (χ1n) is 21.8. The molecule has 1 spiro atoms. The maximum absolute atomic E-state index is 2.61. The SMILES string of the molecule is CC1(C)c2ccccc2-c2ccc(N(c3ccc(-c4cccc5c4sc4ccccc45)cc3)c3cccc4c3-c3ccccc3C43C4CC5CC[C@@H]3CC(C5)C4)cc21. The molecule has 7 aromatic carbocycles. The van der Waals surface area contributed by atoms with Gasteiger partial charge in [0.1, 0.15) is 0 Å². The van der Waals surface area contributed by atoms with Crippen LogP contribution < -0.4 is 4.90 Å². The van der Waals surface area contributed by atoms with Crippen molar-refractivity contribution in [1.29, 1.82) is 0 Å². The molecule has 4 saturated carbocycles. The van der Waals surface area contributed by atoms with E-state index in [-0.39, 0.29) is 10.8 Å². The van der Waals surface area contributed by atoms with Gasteiger partial charge in [-0.3, -0.25) is 0 Å². The maximum atomic E-state index is 2.61. The largest absolute Gasteiger partial charge is 0.310 e. The van der Waals surface area contributed by atoms with Gasteiger partial charge in [-0.2, -0.15) is 0 Å². The van der Waals surface area contributed by atoms with Crippen LogP contribution in [0, 0.1) is 23.7 Å². The quantitative estimate of drug-likeness (QED) is 0.172. The lowest BCUT2D eigenvalue weighted by atomic mass is 9.51. The van der Waals surface area contributed by atoms with E-state index in [1.165, 1.54) is 120 Å². The number of nitrogens with zero attached hydrogens (tertiary/aromatic N) is 1. The normalized spacial score (nSPS) is 24.2. The maximum Gasteiger partial charge on any atom is 0.0543 e. The Kier molecular flexibility index (Phi) is 6.97. The van der Waals surface area contributed by atoms with Gasteiger partial charge in [-0.1, -0.05) is 136 Å². The van der Waals surface area contributed by atoms with E-state index in [0.29, 0.717) is 5.92 Å². The monoisotopic (exact) mass is 765 g/mol. The fraction of sp³-hybridized carbons (Fsp3) is 0.250. The van der Waals surface area contributed by atoms with Gasteiger partial charge in [-0.25, -0.2) is 0 Å². The van der Waals surface area contributed by atoms with Crippen molar-refractivity contribution in [3.05, 3.63) is 174 Å². The fourth-order valence-corrected chi connectivity index (χ4v) is 14.8. The van der Waals surface area contributed by atoms with E-state index < -0.39 is 0 Å². The highest BCUT2D eigenvalue weighted by molar-refractivity contribution is 7.26. The summed E-state index contributed by atoms with van der Waals surface area (Å²) in [6.07, 6.45) is 8.43. The molecular formula is C56H47NS. The molecular weight excluding hydrogens is 719 g/mol. The Bertz CT molecular complexity index is 2970. The number of hydrogen-bond donors (Lipinski definition) is 0. The Balaban J connectivity index is 1.02. The van der Waals surface area contributed by atoms with Crippen LogP contribution in [0.2, 0.25) is 0 Å². The molecule has 6 aliphatic carbocycles. The summed E-state index contributed by atoms with van der Waals surface area (Å²) < 4.78 is 2.71. The minimum atomic E-state index is -0.0890. The third-order valence-electron chi connectivity index (χ3n) is 15.8. The van der Waals surface area contributed by atoms with Crippen molar-refractivity contribution in [1.82, 2.24) is 0 Å². The zero-order valence-electron chi connectivity index (χ0n) is 33.3. The van der Waals surface area contributed by atoms with Crippen LogP contribution in [0.1, 0.15) is 74.6 Å². The van der Waals surface area contributed by atoms with E-state index in [1.807, 2.05) is 11.3 Å². The van der Waals surface area contributed by atoms with Crippen LogP contribution in [0.4, 0.5) is 17.1 Å². The molecule has 4 bridgehead atoms. The average molecular weight is 766 g/mol. The second-order valence-electron chi connectivity index (χ2n) is 18.8. The second-order valence-corrected chi connectivity index (χ2v) is 19.9. The molecule has 2 heteroatoms. The summed E-state index contributed by atoms with van der Waals surface area (Å²) in [5.74, 6) is 3.25. The minimum Gasteiger partial charge on any atom is -0.310 e. The summed E-state index contributed by atoms with van der Waals surface area (Å²) in [4.78, 5) is 2.61. The van der Waals surface area contributed by atoms with E-state index in [0.717, 1.165) is 17.8 Å². The molecule has 1 heterocycles. The number of fused-ring (bicyclic) bond motifs is 10. The predicted octanol–water partition coefficient (Wildman–Crippen LogP) is 15.6. The summed E-state index contributed by atoms with van der Waals surface area (Å²) in [7, 11) is 0. The van der Waals surface area contributed by atoms with Crippen molar-refractivity contribution in [3.63, 3.8) is 0 Å². The molecule has 1 nitrogen and oxygen atoms in total. The number of thiophene rings is 1. The van der Waals surface area contributed by atoms with Gasteiger partial charge in [-0.15, -0.1) is 11.3 Å². The fourth-order valence-electron chi connectivity index (χ4n) is 13.5.